The maximum Gasteiger partial charge on any atom is 0.410 e. The number of hydrogen-bond acceptors (Lipinski definition) is 5. The van der Waals surface area contributed by atoms with E-state index in [1.165, 1.54) is 0 Å². The molecule has 1 aromatic rings. The van der Waals surface area contributed by atoms with Crippen LogP contribution in [0.5, 0.6) is 5.75 Å². The molecule has 0 spiro atoms. The summed E-state index contributed by atoms with van der Waals surface area (Å²) in [5, 5.41) is 3.38. The van der Waals surface area contributed by atoms with Crippen LogP contribution in [0.4, 0.5) is 16.2 Å². The van der Waals surface area contributed by atoms with Gasteiger partial charge < -0.3 is 24.6 Å². The first kappa shape index (κ1) is 17.7. The lowest BCUT2D eigenvalue weighted by molar-refractivity contribution is 0.0201. The van der Waals surface area contributed by atoms with Gasteiger partial charge in [-0.1, -0.05) is 6.07 Å². The van der Waals surface area contributed by atoms with Crippen molar-refractivity contribution in [1.29, 1.82) is 0 Å². The van der Waals surface area contributed by atoms with Gasteiger partial charge >= 0.3 is 6.09 Å². The third-order valence-corrected chi connectivity index (χ3v) is 4.69. The van der Waals surface area contributed by atoms with Crippen molar-refractivity contribution in [1.82, 2.24) is 4.90 Å². The number of carbonyl (C=O) groups excluding carboxylic acids is 1. The van der Waals surface area contributed by atoms with Crippen molar-refractivity contribution in [2.45, 2.75) is 45.3 Å². The van der Waals surface area contributed by atoms with Gasteiger partial charge in [0.05, 0.1) is 11.4 Å². The molecule has 2 aliphatic heterocycles. The second kappa shape index (κ2) is 7.02. The fourth-order valence-corrected chi connectivity index (χ4v) is 3.38. The number of nitrogens with one attached hydrogen (secondary N) is 1. The van der Waals surface area contributed by atoms with E-state index in [0.717, 1.165) is 49.6 Å². The first-order chi connectivity index (χ1) is 11.8. The first-order valence-electron chi connectivity index (χ1n) is 9.05. The van der Waals surface area contributed by atoms with E-state index in [0.29, 0.717) is 6.61 Å². The molecule has 25 heavy (non-hydrogen) atoms. The van der Waals surface area contributed by atoms with E-state index in [4.69, 9.17) is 9.47 Å². The summed E-state index contributed by atoms with van der Waals surface area (Å²) in [5.41, 5.74) is 1.75. The zero-order valence-electron chi connectivity index (χ0n) is 15.7. The van der Waals surface area contributed by atoms with Crippen LogP contribution < -0.4 is 15.0 Å². The van der Waals surface area contributed by atoms with Crippen LogP contribution in [0.25, 0.3) is 0 Å². The number of hydrogen-bond donors (Lipinski definition) is 1. The van der Waals surface area contributed by atoms with Crippen molar-refractivity contribution in [3.63, 3.8) is 0 Å². The number of anilines is 2. The van der Waals surface area contributed by atoms with E-state index >= 15 is 0 Å². The first-order valence-corrected chi connectivity index (χ1v) is 9.05. The van der Waals surface area contributed by atoms with Gasteiger partial charge in [0, 0.05) is 32.7 Å². The van der Waals surface area contributed by atoms with Gasteiger partial charge in [-0.05, 0) is 45.7 Å². The average Bonchev–Trinajstić information content (AvgIpc) is 2.59. The summed E-state index contributed by atoms with van der Waals surface area (Å²) >= 11 is 0. The van der Waals surface area contributed by atoms with Crippen molar-refractivity contribution >= 4 is 17.5 Å². The Labute approximate surface area is 150 Å². The summed E-state index contributed by atoms with van der Waals surface area (Å²) in [4.78, 5) is 16.4. The van der Waals surface area contributed by atoms with E-state index < -0.39 is 5.60 Å². The predicted octanol–water partition coefficient (Wildman–Crippen LogP) is 3.33. The second-order valence-electron chi connectivity index (χ2n) is 7.74. The maximum atomic E-state index is 12.3. The van der Waals surface area contributed by atoms with Gasteiger partial charge in [0.25, 0.3) is 0 Å². The van der Waals surface area contributed by atoms with Crippen LogP contribution in [0.1, 0.15) is 33.6 Å². The molecule has 1 N–H and O–H groups in total. The Bertz CT molecular complexity index is 619. The van der Waals surface area contributed by atoms with Crippen LogP contribution in [0.2, 0.25) is 0 Å². The van der Waals surface area contributed by atoms with Crippen LogP contribution >= 0.6 is 0 Å². The van der Waals surface area contributed by atoms with Crippen molar-refractivity contribution in [2.24, 2.45) is 0 Å². The van der Waals surface area contributed by atoms with Gasteiger partial charge in [-0.2, -0.15) is 0 Å². The topological polar surface area (TPSA) is 54.0 Å². The molecule has 3 rings (SSSR count). The van der Waals surface area contributed by atoms with Gasteiger partial charge in [0.15, 0.2) is 5.75 Å². The molecule has 0 aliphatic carbocycles. The Morgan fingerprint density at radius 3 is 2.72 bits per heavy atom. The largest absolute Gasteiger partial charge is 0.487 e. The van der Waals surface area contributed by atoms with E-state index in [9.17, 15) is 4.79 Å². The SMILES string of the molecule is CN(C(=O)OC(C)(C)C)C1CCN(c2cccc3c2OCCN3)CC1. The highest BCUT2D eigenvalue weighted by Crippen LogP contribution is 2.38. The van der Waals surface area contributed by atoms with E-state index in [2.05, 4.69) is 28.4 Å². The lowest BCUT2D eigenvalue weighted by Gasteiger charge is -2.39. The van der Waals surface area contributed by atoms with Gasteiger partial charge in [0.2, 0.25) is 0 Å². The molecule has 1 saturated heterocycles. The number of para-hydroxylation sites is 1. The Balaban J connectivity index is 1.62. The molecule has 138 valence electrons. The highest BCUT2D eigenvalue weighted by atomic mass is 16.6. The number of carbonyl (C=O) groups is 1. The normalized spacial score (nSPS) is 18.0. The summed E-state index contributed by atoms with van der Waals surface area (Å²) in [5.74, 6) is 0.952. The summed E-state index contributed by atoms with van der Waals surface area (Å²) in [7, 11) is 1.84. The molecule has 6 heteroatoms. The standard InChI is InChI=1S/C19H29N3O3/c1-19(2,3)25-18(23)21(4)14-8-11-22(12-9-14)16-7-5-6-15-17(16)24-13-10-20-15/h5-7,14,20H,8-13H2,1-4H3. The summed E-state index contributed by atoms with van der Waals surface area (Å²) < 4.78 is 11.4. The highest BCUT2D eigenvalue weighted by Gasteiger charge is 2.30. The minimum absolute atomic E-state index is 0.213. The van der Waals surface area contributed by atoms with Crippen molar-refractivity contribution in [3.8, 4) is 5.75 Å². The molecule has 0 saturated carbocycles. The van der Waals surface area contributed by atoms with E-state index in [-0.39, 0.29) is 12.1 Å². The number of ether oxygens (including phenoxy) is 2. The second-order valence-corrected chi connectivity index (χ2v) is 7.74. The minimum atomic E-state index is -0.459. The quantitative estimate of drug-likeness (QED) is 0.889. The van der Waals surface area contributed by atoms with Gasteiger partial charge in [0.1, 0.15) is 12.2 Å². The van der Waals surface area contributed by atoms with Crippen LogP contribution in [0.15, 0.2) is 18.2 Å². The zero-order chi connectivity index (χ0) is 18.0. The lowest BCUT2D eigenvalue weighted by Crippen LogP contribution is -2.47. The number of fused-ring (bicyclic) bond motifs is 1. The van der Waals surface area contributed by atoms with Gasteiger partial charge in [-0.25, -0.2) is 4.79 Å². The van der Waals surface area contributed by atoms with E-state index in [1.807, 2.05) is 27.8 Å². The summed E-state index contributed by atoms with van der Waals surface area (Å²) in [6.45, 7) is 9.03. The maximum absolute atomic E-state index is 12.3. The van der Waals surface area contributed by atoms with Crippen molar-refractivity contribution in [2.75, 3.05) is 43.5 Å². The Kier molecular flexibility index (Phi) is 4.97. The molecule has 2 aliphatic rings. The predicted molar refractivity (Wildman–Crippen MR) is 99.7 cm³/mol. The summed E-state index contributed by atoms with van der Waals surface area (Å²) in [6, 6.07) is 6.45. The molecule has 0 aromatic heterocycles. The molecule has 1 aromatic carbocycles. The number of amides is 1. The van der Waals surface area contributed by atoms with Gasteiger partial charge in [-0.15, -0.1) is 0 Å². The Morgan fingerprint density at radius 1 is 1.32 bits per heavy atom. The molecule has 2 heterocycles. The molecule has 0 radical (unpaired) electrons. The van der Waals surface area contributed by atoms with Crippen molar-refractivity contribution < 1.29 is 14.3 Å². The molecule has 0 unspecified atom stereocenters. The van der Waals surface area contributed by atoms with Crippen LogP contribution in [-0.4, -0.2) is 55.9 Å². The zero-order valence-corrected chi connectivity index (χ0v) is 15.7. The number of rotatable bonds is 2. The molecule has 0 atom stereocenters. The molecule has 1 amide bonds. The minimum Gasteiger partial charge on any atom is -0.487 e. The molecule has 0 bridgehead atoms. The molecular formula is C19H29N3O3. The van der Waals surface area contributed by atoms with Crippen molar-refractivity contribution in [3.05, 3.63) is 18.2 Å². The third-order valence-electron chi connectivity index (χ3n) is 4.69. The summed E-state index contributed by atoms with van der Waals surface area (Å²) in [6.07, 6.45) is 1.61. The number of benzene rings is 1. The van der Waals surface area contributed by atoms with E-state index in [1.54, 1.807) is 4.90 Å². The fourth-order valence-electron chi connectivity index (χ4n) is 3.38. The van der Waals surface area contributed by atoms with Gasteiger partial charge in [-0.3, -0.25) is 0 Å². The van der Waals surface area contributed by atoms with Crippen LogP contribution in [0, 0.1) is 0 Å². The Morgan fingerprint density at radius 2 is 2.04 bits per heavy atom. The number of nitrogens with zero attached hydrogens (tertiary/aromatic N) is 2. The lowest BCUT2D eigenvalue weighted by atomic mass is 10.0. The monoisotopic (exact) mass is 347 g/mol. The fraction of sp³-hybridized carbons (Fsp3) is 0.632. The molecular weight excluding hydrogens is 318 g/mol. The third kappa shape index (κ3) is 4.11. The smallest absolute Gasteiger partial charge is 0.410 e. The average molecular weight is 347 g/mol. The Hall–Kier alpha value is -2.11. The number of piperidine rings is 1. The molecule has 1 fully saturated rings. The van der Waals surface area contributed by atoms with Crippen LogP contribution in [-0.2, 0) is 4.74 Å². The van der Waals surface area contributed by atoms with Crippen LogP contribution in [0.3, 0.4) is 0 Å². The highest BCUT2D eigenvalue weighted by molar-refractivity contribution is 5.73. The molecule has 6 nitrogen and oxygen atoms in total.